The van der Waals surface area contributed by atoms with Crippen molar-refractivity contribution in [1.82, 2.24) is 9.97 Å². The van der Waals surface area contributed by atoms with Gasteiger partial charge in [0.15, 0.2) is 0 Å². The standard InChI is InChI=1S/C17H18Cl2FN3O/c1-10(11-4-6-24-7-5-11)22-16-3-2-13(18)17(23-16)12-8-15(20)21-9-14(12)19/h2-3,8-11H,4-7H2,1H3,(H,22,23). The Morgan fingerprint density at radius 1 is 1.25 bits per heavy atom. The average Bonchev–Trinajstić information content (AvgIpc) is 2.59. The monoisotopic (exact) mass is 369 g/mol. The highest BCUT2D eigenvalue weighted by atomic mass is 35.5. The fourth-order valence-corrected chi connectivity index (χ4v) is 3.27. The van der Waals surface area contributed by atoms with Crippen LogP contribution in [0.25, 0.3) is 11.3 Å². The number of aromatic nitrogens is 2. The van der Waals surface area contributed by atoms with Gasteiger partial charge in [0.05, 0.1) is 15.7 Å². The highest BCUT2D eigenvalue weighted by molar-refractivity contribution is 6.36. The van der Waals surface area contributed by atoms with Crippen LogP contribution in [-0.4, -0.2) is 29.2 Å². The molecule has 1 unspecified atom stereocenters. The molecule has 1 fully saturated rings. The second kappa shape index (κ2) is 7.64. The number of hydrogen-bond acceptors (Lipinski definition) is 4. The van der Waals surface area contributed by atoms with E-state index in [0.29, 0.717) is 33.0 Å². The molecule has 1 atom stereocenters. The molecule has 1 saturated heterocycles. The van der Waals surface area contributed by atoms with Crippen LogP contribution in [0.2, 0.25) is 10.0 Å². The first-order valence-electron chi connectivity index (χ1n) is 7.87. The van der Waals surface area contributed by atoms with E-state index in [1.165, 1.54) is 12.3 Å². The van der Waals surface area contributed by atoms with E-state index < -0.39 is 5.95 Å². The lowest BCUT2D eigenvalue weighted by Gasteiger charge is -2.28. The molecule has 3 heterocycles. The molecule has 128 valence electrons. The smallest absolute Gasteiger partial charge is 0.213 e. The third kappa shape index (κ3) is 3.97. The molecule has 4 nitrogen and oxygen atoms in total. The first-order chi connectivity index (χ1) is 11.5. The second-order valence-electron chi connectivity index (χ2n) is 5.90. The zero-order valence-corrected chi connectivity index (χ0v) is 14.7. The van der Waals surface area contributed by atoms with Crippen molar-refractivity contribution in [2.75, 3.05) is 18.5 Å². The quantitative estimate of drug-likeness (QED) is 0.785. The van der Waals surface area contributed by atoms with Crippen LogP contribution in [0.5, 0.6) is 0 Å². The van der Waals surface area contributed by atoms with Crippen molar-refractivity contribution in [1.29, 1.82) is 0 Å². The minimum atomic E-state index is -0.624. The van der Waals surface area contributed by atoms with Gasteiger partial charge >= 0.3 is 0 Å². The molecule has 1 N–H and O–H groups in total. The molecule has 2 aromatic heterocycles. The predicted octanol–water partition coefficient (Wildman–Crippen LogP) is 4.82. The third-order valence-electron chi connectivity index (χ3n) is 4.27. The molecule has 0 aromatic carbocycles. The number of hydrogen-bond donors (Lipinski definition) is 1. The average molecular weight is 370 g/mol. The van der Waals surface area contributed by atoms with E-state index in [4.69, 9.17) is 27.9 Å². The summed E-state index contributed by atoms with van der Waals surface area (Å²) in [5, 5.41) is 4.12. The first-order valence-corrected chi connectivity index (χ1v) is 8.62. The summed E-state index contributed by atoms with van der Waals surface area (Å²) in [4.78, 5) is 8.06. The fourth-order valence-electron chi connectivity index (χ4n) is 2.87. The summed E-state index contributed by atoms with van der Waals surface area (Å²) in [5.74, 6) is 0.588. The number of rotatable bonds is 4. The number of nitrogens with zero attached hydrogens (tertiary/aromatic N) is 2. The van der Waals surface area contributed by atoms with Gasteiger partial charge in [-0.05, 0) is 37.8 Å². The van der Waals surface area contributed by atoms with Crippen molar-refractivity contribution >= 4 is 29.0 Å². The normalized spacial score (nSPS) is 16.8. The second-order valence-corrected chi connectivity index (χ2v) is 6.71. The molecule has 0 amide bonds. The van der Waals surface area contributed by atoms with E-state index in [1.807, 2.05) is 6.07 Å². The number of anilines is 1. The van der Waals surface area contributed by atoms with E-state index >= 15 is 0 Å². The highest BCUT2D eigenvalue weighted by Crippen LogP contribution is 2.33. The predicted molar refractivity (Wildman–Crippen MR) is 94.1 cm³/mol. The van der Waals surface area contributed by atoms with Crippen molar-refractivity contribution < 1.29 is 9.13 Å². The van der Waals surface area contributed by atoms with Crippen molar-refractivity contribution in [3.8, 4) is 11.3 Å². The Labute approximate surface area is 150 Å². The maximum atomic E-state index is 13.4. The molecule has 0 radical (unpaired) electrons. The van der Waals surface area contributed by atoms with Gasteiger partial charge in [-0.2, -0.15) is 4.39 Å². The van der Waals surface area contributed by atoms with Gasteiger partial charge in [0.2, 0.25) is 5.95 Å². The van der Waals surface area contributed by atoms with Gasteiger partial charge in [-0.1, -0.05) is 23.2 Å². The molecule has 24 heavy (non-hydrogen) atoms. The van der Waals surface area contributed by atoms with Crippen LogP contribution in [-0.2, 0) is 4.74 Å². The van der Waals surface area contributed by atoms with Gasteiger partial charge in [0, 0.05) is 37.1 Å². The molecule has 7 heteroatoms. The van der Waals surface area contributed by atoms with Gasteiger partial charge < -0.3 is 10.1 Å². The summed E-state index contributed by atoms with van der Waals surface area (Å²) in [6.45, 7) is 3.72. The topological polar surface area (TPSA) is 47.0 Å². The lowest BCUT2D eigenvalue weighted by Crippen LogP contribution is -2.31. The van der Waals surface area contributed by atoms with Gasteiger partial charge in [-0.15, -0.1) is 0 Å². The van der Waals surface area contributed by atoms with Gasteiger partial charge in [0.25, 0.3) is 0 Å². The molecule has 0 saturated carbocycles. The maximum Gasteiger partial charge on any atom is 0.213 e. The van der Waals surface area contributed by atoms with Crippen LogP contribution in [0, 0.1) is 11.9 Å². The minimum Gasteiger partial charge on any atom is -0.381 e. The zero-order valence-electron chi connectivity index (χ0n) is 13.2. The zero-order chi connectivity index (χ0) is 17.1. The van der Waals surface area contributed by atoms with Gasteiger partial charge in [0.1, 0.15) is 5.82 Å². The van der Waals surface area contributed by atoms with Gasteiger partial charge in [-0.3, -0.25) is 0 Å². The Morgan fingerprint density at radius 3 is 2.75 bits per heavy atom. The molecule has 1 aliphatic heterocycles. The molecular formula is C17H18Cl2FN3O. The molecule has 0 spiro atoms. The number of halogens is 3. The molecule has 0 bridgehead atoms. The summed E-state index contributed by atoms with van der Waals surface area (Å²) in [7, 11) is 0. The van der Waals surface area contributed by atoms with E-state index in [-0.39, 0.29) is 6.04 Å². The summed E-state index contributed by atoms with van der Waals surface area (Å²) in [5.41, 5.74) is 0.865. The highest BCUT2D eigenvalue weighted by Gasteiger charge is 2.21. The van der Waals surface area contributed by atoms with Crippen LogP contribution in [0.4, 0.5) is 10.2 Å². The lowest BCUT2D eigenvalue weighted by atomic mass is 9.93. The first kappa shape index (κ1) is 17.4. The van der Waals surface area contributed by atoms with E-state index in [0.717, 1.165) is 26.1 Å². The van der Waals surface area contributed by atoms with Crippen LogP contribution in [0.1, 0.15) is 19.8 Å². The summed E-state index contributed by atoms with van der Waals surface area (Å²) >= 11 is 12.4. The van der Waals surface area contributed by atoms with Crippen LogP contribution in [0.3, 0.4) is 0 Å². The molecule has 3 rings (SSSR count). The third-order valence-corrected chi connectivity index (χ3v) is 4.88. The largest absolute Gasteiger partial charge is 0.381 e. The Bertz CT molecular complexity index is 723. The fraction of sp³-hybridized carbons (Fsp3) is 0.412. The summed E-state index contributed by atoms with van der Waals surface area (Å²) in [6, 6.07) is 5.03. The van der Waals surface area contributed by atoms with E-state index in [9.17, 15) is 4.39 Å². The SMILES string of the molecule is CC(Nc1ccc(Cl)c(-c2cc(F)ncc2Cl)n1)C1CCOCC1. The maximum absolute atomic E-state index is 13.4. The summed E-state index contributed by atoms with van der Waals surface area (Å²) in [6.07, 6.45) is 3.31. The van der Waals surface area contributed by atoms with Crippen LogP contribution >= 0.6 is 23.2 Å². The van der Waals surface area contributed by atoms with Gasteiger partial charge in [-0.25, -0.2) is 9.97 Å². The van der Waals surface area contributed by atoms with Crippen molar-refractivity contribution in [2.24, 2.45) is 5.92 Å². The Morgan fingerprint density at radius 2 is 2.00 bits per heavy atom. The van der Waals surface area contributed by atoms with Crippen LogP contribution in [0.15, 0.2) is 24.4 Å². The van der Waals surface area contributed by atoms with E-state index in [1.54, 1.807) is 6.07 Å². The Hall–Kier alpha value is -1.43. The van der Waals surface area contributed by atoms with Crippen molar-refractivity contribution in [2.45, 2.75) is 25.8 Å². The van der Waals surface area contributed by atoms with E-state index in [2.05, 4.69) is 22.2 Å². The molecule has 0 aliphatic carbocycles. The minimum absolute atomic E-state index is 0.250. The number of nitrogens with one attached hydrogen (secondary N) is 1. The van der Waals surface area contributed by atoms with Crippen molar-refractivity contribution in [3.63, 3.8) is 0 Å². The number of ether oxygens (including phenoxy) is 1. The molecule has 1 aliphatic rings. The van der Waals surface area contributed by atoms with Crippen LogP contribution < -0.4 is 5.32 Å². The van der Waals surface area contributed by atoms with Crippen molar-refractivity contribution in [3.05, 3.63) is 40.4 Å². The lowest BCUT2D eigenvalue weighted by molar-refractivity contribution is 0.0622. The Kier molecular flexibility index (Phi) is 5.54. The Balaban J connectivity index is 1.84. The number of pyridine rings is 2. The molecular weight excluding hydrogens is 352 g/mol. The molecule has 2 aromatic rings. The summed E-state index contributed by atoms with van der Waals surface area (Å²) < 4.78 is 18.9.